The Morgan fingerprint density at radius 3 is 2.65 bits per heavy atom. The Balaban J connectivity index is 1.56. The van der Waals surface area contributed by atoms with Crippen molar-refractivity contribution in [3.8, 4) is 0 Å². The highest BCUT2D eigenvalue weighted by Crippen LogP contribution is 2.19. The summed E-state index contributed by atoms with van der Waals surface area (Å²) >= 11 is 5.90. The molecule has 0 aliphatic heterocycles. The molecule has 3 N–H and O–H groups in total. The maximum Gasteiger partial charge on any atom is 0.315 e. The van der Waals surface area contributed by atoms with Gasteiger partial charge in [-0.2, -0.15) is 0 Å². The van der Waals surface area contributed by atoms with Crippen molar-refractivity contribution in [2.45, 2.75) is 19.1 Å². The summed E-state index contributed by atoms with van der Waals surface area (Å²) in [5.41, 5.74) is 2.76. The highest BCUT2D eigenvalue weighted by molar-refractivity contribution is 6.30. The molecule has 0 aliphatic carbocycles. The number of ether oxygens (including phenoxy) is 1. The van der Waals surface area contributed by atoms with E-state index in [9.17, 15) is 4.79 Å². The van der Waals surface area contributed by atoms with Gasteiger partial charge in [0.1, 0.15) is 5.82 Å². The summed E-state index contributed by atoms with van der Waals surface area (Å²) in [5, 5.41) is 6.37. The Morgan fingerprint density at radius 1 is 1.23 bits per heavy atom. The smallest absolute Gasteiger partial charge is 0.315 e. The van der Waals surface area contributed by atoms with E-state index in [1.54, 1.807) is 19.2 Å². The zero-order valence-corrected chi connectivity index (χ0v) is 15.4. The van der Waals surface area contributed by atoms with E-state index in [1.165, 1.54) is 0 Å². The maximum atomic E-state index is 12.2. The first-order valence-electron chi connectivity index (χ1n) is 8.34. The molecule has 6 nitrogen and oxygen atoms in total. The van der Waals surface area contributed by atoms with Crippen molar-refractivity contribution in [3.63, 3.8) is 0 Å². The second-order valence-corrected chi connectivity index (χ2v) is 6.43. The quantitative estimate of drug-likeness (QED) is 0.612. The molecule has 0 aliphatic rings. The zero-order chi connectivity index (χ0) is 18.5. The largest absolute Gasteiger partial charge is 0.375 e. The van der Waals surface area contributed by atoms with Crippen molar-refractivity contribution >= 4 is 28.7 Å². The predicted molar refractivity (Wildman–Crippen MR) is 102 cm³/mol. The minimum Gasteiger partial charge on any atom is -0.375 e. The number of urea groups is 1. The second-order valence-electron chi connectivity index (χ2n) is 5.99. The van der Waals surface area contributed by atoms with E-state index in [4.69, 9.17) is 16.3 Å². The van der Waals surface area contributed by atoms with Gasteiger partial charge in [0.15, 0.2) is 0 Å². The first-order valence-corrected chi connectivity index (χ1v) is 8.72. The third-order valence-electron chi connectivity index (χ3n) is 4.14. The van der Waals surface area contributed by atoms with E-state index in [1.807, 2.05) is 43.3 Å². The fourth-order valence-electron chi connectivity index (χ4n) is 2.69. The molecule has 3 aromatic rings. The van der Waals surface area contributed by atoms with E-state index in [-0.39, 0.29) is 18.2 Å². The predicted octanol–water partition coefficient (Wildman–Crippen LogP) is 3.96. The molecule has 1 heterocycles. The van der Waals surface area contributed by atoms with Crippen LogP contribution in [0, 0.1) is 0 Å². The van der Waals surface area contributed by atoms with E-state index in [2.05, 4.69) is 20.6 Å². The lowest BCUT2D eigenvalue weighted by Gasteiger charge is -2.18. The number of nitrogens with zero attached hydrogens (tertiary/aromatic N) is 1. The molecule has 0 radical (unpaired) electrons. The zero-order valence-electron chi connectivity index (χ0n) is 14.6. The number of carbonyl (C=O) groups excluding carboxylic acids is 1. The number of aromatic amines is 1. The minimum absolute atomic E-state index is 0.250. The molecule has 7 heteroatoms. The number of nitrogens with one attached hydrogen (secondary N) is 3. The Morgan fingerprint density at radius 2 is 1.96 bits per heavy atom. The van der Waals surface area contributed by atoms with E-state index in [0.29, 0.717) is 17.4 Å². The highest BCUT2D eigenvalue weighted by atomic mass is 35.5. The van der Waals surface area contributed by atoms with Gasteiger partial charge in [-0.1, -0.05) is 35.9 Å². The fourth-order valence-corrected chi connectivity index (χ4v) is 2.82. The number of halogens is 1. The monoisotopic (exact) mass is 372 g/mol. The summed E-state index contributed by atoms with van der Waals surface area (Å²) in [5.74, 6) is 0.711. The summed E-state index contributed by atoms with van der Waals surface area (Å²) in [6.07, 6.45) is -0.250. The van der Waals surface area contributed by atoms with Gasteiger partial charge in [0.05, 0.1) is 23.2 Å². The molecule has 2 aromatic carbocycles. The van der Waals surface area contributed by atoms with Crippen molar-refractivity contribution in [1.82, 2.24) is 20.6 Å². The topological polar surface area (TPSA) is 79.0 Å². The van der Waals surface area contributed by atoms with Crippen LogP contribution in [0.2, 0.25) is 5.02 Å². The number of hydrogen-bond donors (Lipinski definition) is 3. The lowest BCUT2D eigenvalue weighted by molar-refractivity contribution is 0.104. The van der Waals surface area contributed by atoms with Crippen LogP contribution in [0.1, 0.15) is 30.5 Å². The number of carbonyl (C=O) groups is 1. The summed E-state index contributed by atoms with van der Waals surface area (Å²) in [6, 6.07) is 14.6. The van der Waals surface area contributed by atoms with Gasteiger partial charge >= 0.3 is 6.03 Å². The van der Waals surface area contributed by atoms with E-state index >= 15 is 0 Å². The number of para-hydroxylation sites is 2. The van der Waals surface area contributed by atoms with Crippen LogP contribution in [-0.2, 0) is 4.74 Å². The number of imidazole rings is 1. The molecule has 26 heavy (non-hydrogen) atoms. The number of fused-ring (bicyclic) bond motifs is 1. The van der Waals surface area contributed by atoms with Crippen LogP contribution < -0.4 is 10.6 Å². The van der Waals surface area contributed by atoms with Crippen molar-refractivity contribution < 1.29 is 9.53 Å². The minimum atomic E-state index is -0.283. The van der Waals surface area contributed by atoms with Crippen molar-refractivity contribution in [2.24, 2.45) is 0 Å². The molecule has 0 spiro atoms. The van der Waals surface area contributed by atoms with Crippen LogP contribution in [0.25, 0.3) is 11.0 Å². The van der Waals surface area contributed by atoms with Gasteiger partial charge in [0.25, 0.3) is 0 Å². The molecule has 0 saturated heterocycles. The van der Waals surface area contributed by atoms with Gasteiger partial charge in [-0.25, -0.2) is 9.78 Å². The Kier molecular flexibility index (Phi) is 5.75. The van der Waals surface area contributed by atoms with Crippen molar-refractivity contribution in [1.29, 1.82) is 0 Å². The van der Waals surface area contributed by atoms with Crippen molar-refractivity contribution in [3.05, 3.63) is 64.9 Å². The summed E-state index contributed by atoms with van der Waals surface area (Å²) < 4.78 is 5.45. The van der Waals surface area contributed by atoms with Crippen LogP contribution in [0.3, 0.4) is 0 Å². The highest BCUT2D eigenvalue weighted by Gasteiger charge is 2.16. The van der Waals surface area contributed by atoms with Gasteiger partial charge in [-0.05, 0) is 36.8 Å². The van der Waals surface area contributed by atoms with Crippen LogP contribution in [0.4, 0.5) is 4.79 Å². The fraction of sp³-hybridized carbons (Fsp3) is 0.263. The number of aromatic nitrogens is 2. The molecule has 0 bridgehead atoms. The normalized spacial score (nSPS) is 13.3. The van der Waals surface area contributed by atoms with Crippen LogP contribution >= 0.6 is 11.6 Å². The summed E-state index contributed by atoms with van der Waals surface area (Å²) in [7, 11) is 1.61. The molecular formula is C19H21ClN4O2. The van der Waals surface area contributed by atoms with Gasteiger partial charge in [0.2, 0.25) is 0 Å². The average Bonchev–Trinajstić information content (AvgIpc) is 3.08. The molecular weight excluding hydrogens is 352 g/mol. The van der Waals surface area contributed by atoms with Crippen molar-refractivity contribution in [2.75, 3.05) is 13.7 Å². The first-order chi connectivity index (χ1) is 12.6. The molecule has 0 saturated carbocycles. The van der Waals surface area contributed by atoms with Gasteiger partial charge in [-0.15, -0.1) is 0 Å². The number of rotatable bonds is 6. The lowest BCUT2D eigenvalue weighted by Crippen LogP contribution is -2.39. The lowest BCUT2D eigenvalue weighted by atomic mass is 10.1. The van der Waals surface area contributed by atoms with Crippen LogP contribution in [-0.4, -0.2) is 29.7 Å². The first kappa shape index (κ1) is 18.2. The Labute approximate surface area is 156 Å². The maximum absolute atomic E-state index is 12.2. The molecule has 2 atom stereocenters. The third kappa shape index (κ3) is 4.33. The molecule has 2 amide bonds. The van der Waals surface area contributed by atoms with E-state index < -0.39 is 0 Å². The summed E-state index contributed by atoms with van der Waals surface area (Å²) in [4.78, 5) is 19.9. The number of amides is 2. The average molecular weight is 373 g/mol. The summed E-state index contributed by atoms with van der Waals surface area (Å²) in [6.45, 7) is 2.22. The third-order valence-corrected chi connectivity index (χ3v) is 4.39. The molecule has 136 valence electrons. The van der Waals surface area contributed by atoms with Crippen LogP contribution in [0.15, 0.2) is 48.5 Å². The SMILES string of the molecule is COC(CNC(=O)N[C@@H](C)c1nc2ccccc2[nH]1)c1ccc(Cl)cc1. The Hall–Kier alpha value is -2.57. The second kappa shape index (κ2) is 8.21. The molecule has 0 fully saturated rings. The molecule has 3 rings (SSSR count). The Bertz CT molecular complexity index is 846. The van der Waals surface area contributed by atoms with Crippen LogP contribution in [0.5, 0.6) is 0 Å². The number of benzene rings is 2. The molecule has 1 aromatic heterocycles. The number of H-pyrrole nitrogens is 1. The van der Waals surface area contributed by atoms with Gasteiger partial charge in [0, 0.05) is 18.7 Å². The molecule has 1 unspecified atom stereocenters. The number of hydrogen-bond acceptors (Lipinski definition) is 3. The number of methoxy groups -OCH3 is 1. The standard InChI is InChI=1S/C19H21ClN4O2/c1-12(18-23-15-5-3-4-6-16(15)24-18)22-19(25)21-11-17(26-2)13-7-9-14(20)10-8-13/h3-10,12,17H,11H2,1-2H3,(H,23,24)(H2,21,22,25)/t12-,17?/m0/s1. The van der Waals surface area contributed by atoms with E-state index in [0.717, 1.165) is 16.6 Å². The van der Waals surface area contributed by atoms with Gasteiger partial charge in [-0.3, -0.25) is 0 Å². The van der Waals surface area contributed by atoms with Gasteiger partial charge < -0.3 is 20.4 Å².